The Bertz CT molecular complexity index is 1050. The van der Waals surface area contributed by atoms with Crippen LogP contribution in [0.5, 0.6) is 0 Å². The lowest BCUT2D eigenvalue weighted by Gasteiger charge is -2.09. The molecule has 1 aromatic heterocycles. The summed E-state index contributed by atoms with van der Waals surface area (Å²) in [5.41, 5.74) is 1.98. The Hall–Kier alpha value is -3.42. The lowest BCUT2D eigenvalue weighted by atomic mass is 10.2. The van der Waals surface area contributed by atoms with E-state index >= 15 is 0 Å². The third-order valence-corrected chi connectivity index (χ3v) is 4.40. The van der Waals surface area contributed by atoms with E-state index in [1.165, 1.54) is 6.08 Å². The molecule has 0 fully saturated rings. The van der Waals surface area contributed by atoms with Crippen LogP contribution in [-0.4, -0.2) is 16.9 Å². The average Bonchev–Trinajstić information content (AvgIpc) is 3.26. The predicted molar refractivity (Wildman–Crippen MR) is 121 cm³/mol. The van der Waals surface area contributed by atoms with Crippen molar-refractivity contribution in [1.29, 1.82) is 0 Å². The van der Waals surface area contributed by atoms with E-state index in [1.54, 1.807) is 73.0 Å². The highest BCUT2D eigenvalue weighted by molar-refractivity contribution is 7.80. The van der Waals surface area contributed by atoms with Crippen molar-refractivity contribution >= 4 is 52.5 Å². The van der Waals surface area contributed by atoms with Crippen LogP contribution >= 0.6 is 23.8 Å². The first-order valence-electron chi connectivity index (χ1n) is 8.96. The van der Waals surface area contributed by atoms with Crippen molar-refractivity contribution in [2.24, 2.45) is 0 Å². The van der Waals surface area contributed by atoms with Crippen molar-refractivity contribution in [2.75, 3.05) is 5.32 Å². The van der Waals surface area contributed by atoms with Crippen LogP contribution in [-0.2, 0) is 11.3 Å². The van der Waals surface area contributed by atoms with Crippen LogP contribution in [0.2, 0.25) is 5.02 Å². The van der Waals surface area contributed by atoms with Gasteiger partial charge in [-0.1, -0.05) is 23.7 Å². The fourth-order valence-corrected chi connectivity index (χ4v) is 2.79. The molecule has 0 radical (unpaired) electrons. The molecule has 0 aliphatic heterocycles. The molecule has 0 aliphatic carbocycles. The van der Waals surface area contributed by atoms with Crippen molar-refractivity contribution in [3.8, 4) is 0 Å². The molecule has 1 heterocycles. The molecule has 0 saturated carbocycles. The van der Waals surface area contributed by atoms with Gasteiger partial charge in [-0.15, -0.1) is 0 Å². The number of rotatable bonds is 6. The SMILES string of the molecule is O=C(/C=C/c1ccc(Cl)cc1)NC(=S)Nc1ccc(C(=O)NCc2ccco2)cc1. The highest BCUT2D eigenvalue weighted by Gasteiger charge is 2.07. The Morgan fingerprint density at radius 1 is 1.03 bits per heavy atom. The van der Waals surface area contributed by atoms with Gasteiger partial charge in [0.15, 0.2) is 5.11 Å². The lowest BCUT2D eigenvalue weighted by Crippen LogP contribution is -2.32. The van der Waals surface area contributed by atoms with Crippen LogP contribution in [0.15, 0.2) is 77.4 Å². The van der Waals surface area contributed by atoms with Crippen LogP contribution in [0, 0.1) is 0 Å². The molecule has 0 spiro atoms. The van der Waals surface area contributed by atoms with Gasteiger partial charge in [-0.2, -0.15) is 0 Å². The van der Waals surface area contributed by atoms with Gasteiger partial charge in [-0.05, 0) is 72.4 Å². The van der Waals surface area contributed by atoms with Gasteiger partial charge in [0, 0.05) is 22.3 Å². The van der Waals surface area contributed by atoms with E-state index in [9.17, 15) is 9.59 Å². The number of benzene rings is 2. The second-order valence-corrected chi connectivity index (χ2v) is 7.01. The number of amides is 2. The maximum Gasteiger partial charge on any atom is 0.251 e. The summed E-state index contributed by atoms with van der Waals surface area (Å²) in [5, 5.41) is 9.01. The summed E-state index contributed by atoms with van der Waals surface area (Å²) in [5.74, 6) is 0.0883. The van der Waals surface area contributed by atoms with Gasteiger partial charge < -0.3 is 15.1 Å². The zero-order chi connectivity index (χ0) is 21.3. The number of anilines is 1. The number of nitrogens with one attached hydrogen (secondary N) is 3. The summed E-state index contributed by atoms with van der Waals surface area (Å²) in [6.45, 7) is 0.311. The molecule has 0 aliphatic rings. The fraction of sp³-hybridized carbons (Fsp3) is 0.0455. The molecule has 30 heavy (non-hydrogen) atoms. The smallest absolute Gasteiger partial charge is 0.251 e. The maximum atomic E-state index is 12.2. The highest BCUT2D eigenvalue weighted by Crippen LogP contribution is 2.11. The van der Waals surface area contributed by atoms with Gasteiger partial charge in [0.1, 0.15) is 5.76 Å². The summed E-state index contributed by atoms with van der Waals surface area (Å²) >= 11 is 11.0. The highest BCUT2D eigenvalue weighted by atomic mass is 35.5. The largest absolute Gasteiger partial charge is 0.467 e. The minimum atomic E-state index is -0.364. The number of hydrogen-bond donors (Lipinski definition) is 3. The Balaban J connectivity index is 1.47. The normalized spacial score (nSPS) is 10.6. The summed E-state index contributed by atoms with van der Waals surface area (Å²) < 4.78 is 5.18. The zero-order valence-corrected chi connectivity index (χ0v) is 17.3. The molecular formula is C22H18ClN3O3S. The first-order chi connectivity index (χ1) is 14.5. The topological polar surface area (TPSA) is 83.4 Å². The maximum absolute atomic E-state index is 12.2. The molecule has 2 aromatic carbocycles. The summed E-state index contributed by atoms with van der Waals surface area (Å²) in [7, 11) is 0. The van der Waals surface area contributed by atoms with E-state index < -0.39 is 0 Å². The Kier molecular flexibility index (Phi) is 7.37. The van der Waals surface area contributed by atoms with E-state index in [0.29, 0.717) is 28.6 Å². The van der Waals surface area contributed by atoms with Gasteiger partial charge >= 0.3 is 0 Å². The molecule has 0 atom stereocenters. The molecule has 2 amide bonds. The molecule has 8 heteroatoms. The van der Waals surface area contributed by atoms with Crippen molar-refractivity contribution in [2.45, 2.75) is 6.54 Å². The second-order valence-electron chi connectivity index (χ2n) is 6.17. The van der Waals surface area contributed by atoms with Crippen molar-refractivity contribution in [3.63, 3.8) is 0 Å². The van der Waals surface area contributed by atoms with Gasteiger partial charge in [-0.25, -0.2) is 0 Å². The standard InChI is InChI=1S/C22H18ClN3O3S/c23-17-8-3-15(4-9-17)5-12-20(27)26-22(30)25-18-10-6-16(7-11-18)21(28)24-14-19-2-1-13-29-19/h1-13H,14H2,(H,24,28)(H2,25,26,27,30)/b12-5+. The average molecular weight is 440 g/mol. The van der Waals surface area contributed by atoms with Crippen LogP contribution < -0.4 is 16.0 Å². The quantitative estimate of drug-likeness (QED) is 0.392. The van der Waals surface area contributed by atoms with Crippen LogP contribution in [0.4, 0.5) is 5.69 Å². The van der Waals surface area contributed by atoms with E-state index in [4.69, 9.17) is 28.2 Å². The van der Waals surface area contributed by atoms with E-state index in [0.717, 1.165) is 5.56 Å². The first-order valence-corrected chi connectivity index (χ1v) is 9.74. The monoisotopic (exact) mass is 439 g/mol. The van der Waals surface area contributed by atoms with Gasteiger partial charge in [-0.3, -0.25) is 14.9 Å². The molecule has 3 rings (SSSR count). The Morgan fingerprint density at radius 3 is 2.43 bits per heavy atom. The van der Waals surface area contributed by atoms with E-state index in [1.807, 2.05) is 0 Å². The summed E-state index contributed by atoms with van der Waals surface area (Å²) in [6, 6.07) is 17.3. The van der Waals surface area contributed by atoms with Gasteiger partial charge in [0.2, 0.25) is 5.91 Å². The number of furan rings is 1. The molecule has 3 aromatic rings. The zero-order valence-electron chi connectivity index (χ0n) is 15.7. The van der Waals surface area contributed by atoms with Crippen LogP contribution in [0.1, 0.15) is 21.7 Å². The third kappa shape index (κ3) is 6.58. The number of carbonyl (C=O) groups excluding carboxylic acids is 2. The van der Waals surface area contributed by atoms with Crippen LogP contribution in [0.3, 0.4) is 0 Å². The molecule has 6 nitrogen and oxygen atoms in total. The van der Waals surface area contributed by atoms with Crippen molar-refractivity contribution in [3.05, 3.63) is 94.9 Å². The molecular weight excluding hydrogens is 422 g/mol. The van der Waals surface area contributed by atoms with Crippen molar-refractivity contribution in [1.82, 2.24) is 10.6 Å². The predicted octanol–water partition coefficient (Wildman–Crippen LogP) is 4.39. The Morgan fingerprint density at radius 2 is 1.77 bits per heavy atom. The lowest BCUT2D eigenvalue weighted by molar-refractivity contribution is -0.115. The second kappa shape index (κ2) is 10.4. The first kappa shape index (κ1) is 21.3. The van der Waals surface area contributed by atoms with Crippen LogP contribution in [0.25, 0.3) is 6.08 Å². The molecule has 152 valence electrons. The molecule has 3 N–H and O–H groups in total. The number of halogens is 1. The molecule has 0 bridgehead atoms. The summed E-state index contributed by atoms with van der Waals surface area (Å²) in [6.07, 6.45) is 4.59. The number of carbonyl (C=O) groups is 2. The molecule has 0 unspecified atom stereocenters. The minimum Gasteiger partial charge on any atom is -0.467 e. The number of thiocarbonyl (C=S) groups is 1. The molecule has 0 saturated heterocycles. The summed E-state index contributed by atoms with van der Waals surface area (Å²) in [4.78, 5) is 24.1. The van der Waals surface area contributed by atoms with Gasteiger partial charge in [0.05, 0.1) is 12.8 Å². The minimum absolute atomic E-state index is 0.149. The van der Waals surface area contributed by atoms with Gasteiger partial charge in [0.25, 0.3) is 5.91 Å². The van der Waals surface area contributed by atoms with Crippen molar-refractivity contribution < 1.29 is 14.0 Å². The number of hydrogen-bond acceptors (Lipinski definition) is 4. The Labute approximate surface area is 183 Å². The third-order valence-electron chi connectivity index (χ3n) is 3.94. The fourth-order valence-electron chi connectivity index (χ4n) is 2.45. The van der Waals surface area contributed by atoms with E-state index in [2.05, 4.69) is 16.0 Å². The van der Waals surface area contributed by atoms with E-state index in [-0.39, 0.29) is 16.9 Å².